The fourth-order valence-electron chi connectivity index (χ4n) is 2.72. The molecule has 0 aliphatic carbocycles. The van der Waals surface area contributed by atoms with Gasteiger partial charge in [0.2, 0.25) is 0 Å². The molecule has 0 aromatic rings. The van der Waals surface area contributed by atoms with Crippen LogP contribution in [0.2, 0.25) is 0 Å². The molecule has 5 atom stereocenters. The summed E-state index contributed by atoms with van der Waals surface area (Å²) in [7, 11) is 1.42. The second-order valence-electron chi connectivity index (χ2n) is 5.37. The standard InChI is InChI=1S/C14H23O7PS/c1-6-22(23)7-11(19-8(2)15)12(18-5)13(20-9(3)16)14(22)21-10(4)17/h11-14H,6-7H2,1-5H3/t11-,12+,13-,14+,22+/m1/s1. The van der Waals surface area contributed by atoms with Crippen molar-refractivity contribution in [2.75, 3.05) is 19.4 Å². The Bertz CT molecular complexity index is 521. The molecular weight excluding hydrogens is 343 g/mol. The molecule has 1 saturated heterocycles. The molecule has 0 aromatic carbocycles. The van der Waals surface area contributed by atoms with E-state index in [2.05, 4.69) is 0 Å². The highest BCUT2D eigenvalue weighted by Crippen LogP contribution is 2.58. The van der Waals surface area contributed by atoms with Crippen molar-refractivity contribution < 1.29 is 33.3 Å². The largest absolute Gasteiger partial charge is 0.459 e. The lowest BCUT2D eigenvalue weighted by molar-refractivity contribution is -0.184. The molecule has 0 unspecified atom stereocenters. The summed E-state index contributed by atoms with van der Waals surface area (Å²) in [4.78, 5) is 34.3. The summed E-state index contributed by atoms with van der Waals surface area (Å²) in [6, 6.07) is -2.28. The summed E-state index contributed by atoms with van der Waals surface area (Å²) >= 11 is 5.75. The summed E-state index contributed by atoms with van der Waals surface area (Å²) in [5.74, 6) is -2.27. The number of hydrogen-bond donors (Lipinski definition) is 0. The summed E-state index contributed by atoms with van der Waals surface area (Å²) in [5.41, 5.74) is 0. The van der Waals surface area contributed by atoms with E-state index >= 15 is 0 Å². The van der Waals surface area contributed by atoms with Crippen LogP contribution in [0.5, 0.6) is 0 Å². The molecule has 1 aliphatic rings. The van der Waals surface area contributed by atoms with Gasteiger partial charge in [0, 0.05) is 40.1 Å². The van der Waals surface area contributed by atoms with Gasteiger partial charge < -0.3 is 18.9 Å². The molecule has 0 amide bonds. The number of hydrogen-bond acceptors (Lipinski definition) is 8. The van der Waals surface area contributed by atoms with Crippen molar-refractivity contribution in [2.24, 2.45) is 0 Å². The fraction of sp³-hybridized carbons (Fsp3) is 0.786. The number of methoxy groups -OCH3 is 1. The molecule has 0 bridgehead atoms. The molecule has 0 aromatic heterocycles. The monoisotopic (exact) mass is 366 g/mol. The number of esters is 3. The van der Waals surface area contributed by atoms with Crippen LogP contribution in [-0.4, -0.2) is 61.5 Å². The first-order chi connectivity index (χ1) is 10.6. The van der Waals surface area contributed by atoms with Gasteiger partial charge in [0.1, 0.15) is 12.2 Å². The van der Waals surface area contributed by atoms with E-state index in [1.807, 2.05) is 6.92 Å². The van der Waals surface area contributed by atoms with E-state index in [4.69, 9.17) is 30.8 Å². The van der Waals surface area contributed by atoms with Crippen LogP contribution in [-0.2, 0) is 45.1 Å². The van der Waals surface area contributed by atoms with Crippen LogP contribution in [0, 0.1) is 0 Å². The minimum Gasteiger partial charge on any atom is -0.459 e. The maximum Gasteiger partial charge on any atom is 0.303 e. The molecule has 0 saturated carbocycles. The number of carbonyl (C=O) groups excluding carboxylic acids is 3. The Balaban J connectivity index is 3.28. The van der Waals surface area contributed by atoms with E-state index < -0.39 is 48.1 Å². The van der Waals surface area contributed by atoms with Crippen LogP contribution in [0.1, 0.15) is 27.7 Å². The Morgan fingerprint density at radius 2 is 1.52 bits per heavy atom. The molecule has 132 valence electrons. The van der Waals surface area contributed by atoms with Crippen molar-refractivity contribution in [2.45, 2.75) is 51.9 Å². The van der Waals surface area contributed by atoms with E-state index in [-0.39, 0.29) is 0 Å². The summed E-state index contributed by atoms with van der Waals surface area (Å²) in [6.45, 7) is 5.71. The van der Waals surface area contributed by atoms with Crippen molar-refractivity contribution in [1.29, 1.82) is 0 Å². The average Bonchev–Trinajstić information content (AvgIpc) is 2.42. The quantitative estimate of drug-likeness (QED) is 0.408. The number of carbonyl (C=O) groups is 3. The van der Waals surface area contributed by atoms with Gasteiger partial charge >= 0.3 is 17.9 Å². The minimum atomic E-state index is -2.28. The van der Waals surface area contributed by atoms with E-state index in [0.717, 1.165) is 0 Å². The molecule has 23 heavy (non-hydrogen) atoms. The molecule has 0 spiro atoms. The Hall–Kier alpha value is -0.980. The third kappa shape index (κ3) is 4.99. The summed E-state index contributed by atoms with van der Waals surface area (Å²) < 4.78 is 21.5. The van der Waals surface area contributed by atoms with E-state index in [1.165, 1.54) is 27.9 Å². The molecule has 1 heterocycles. The van der Waals surface area contributed by atoms with Gasteiger partial charge in [-0.25, -0.2) is 0 Å². The molecular formula is C14H23O7PS. The second-order valence-corrected chi connectivity index (χ2v) is 11.0. The van der Waals surface area contributed by atoms with Crippen molar-refractivity contribution in [3.63, 3.8) is 0 Å². The Morgan fingerprint density at radius 1 is 1.00 bits per heavy atom. The maximum atomic E-state index is 11.5. The van der Waals surface area contributed by atoms with Crippen molar-refractivity contribution in [1.82, 2.24) is 0 Å². The van der Waals surface area contributed by atoms with Crippen LogP contribution in [0.3, 0.4) is 0 Å². The van der Waals surface area contributed by atoms with Crippen molar-refractivity contribution in [3.05, 3.63) is 0 Å². The lowest BCUT2D eigenvalue weighted by atomic mass is 10.1. The highest BCUT2D eigenvalue weighted by atomic mass is 32.4. The first-order valence-corrected chi connectivity index (χ1v) is 10.5. The van der Waals surface area contributed by atoms with Gasteiger partial charge in [-0.05, 0) is 6.16 Å². The Morgan fingerprint density at radius 3 is 1.91 bits per heavy atom. The van der Waals surface area contributed by atoms with Crippen molar-refractivity contribution >= 4 is 35.8 Å². The first-order valence-electron chi connectivity index (χ1n) is 7.26. The number of ether oxygens (including phenoxy) is 4. The zero-order valence-electron chi connectivity index (χ0n) is 13.9. The molecule has 0 N–H and O–H groups in total. The molecule has 1 fully saturated rings. The fourth-order valence-corrected chi connectivity index (χ4v) is 6.47. The van der Waals surface area contributed by atoms with E-state index in [0.29, 0.717) is 12.3 Å². The van der Waals surface area contributed by atoms with Gasteiger partial charge in [-0.3, -0.25) is 14.4 Å². The van der Waals surface area contributed by atoms with E-state index in [1.54, 1.807) is 0 Å². The molecule has 1 aliphatic heterocycles. The highest BCUT2D eigenvalue weighted by molar-refractivity contribution is 8.15. The smallest absolute Gasteiger partial charge is 0.303 e. The number of rotatable bonds is 5. The second kappa shape index (κ2) is 8.22. The maximum absolute atomic E-state index is 11.5. The van der Waals surface area contributed by atoms with Gasteiger partial charge in [-0.1, -0.05) is 18.7 Å². The van der Waals surface area contributed by atoms with Crippen LogP contribution >= 0.6 is 6.04 Å². The van der Waals surface area contributed by atoms with E-state index in [9.17, 15) is 14.4 Å². The van der Waals surface area contributed by atoms with Gasteiger partial charge in [-0.2, -0.15) is 0 Å². The van der Waals surface area contributed by atoms with Crippen LogP contribution in [0.15, 0.2) is 0 Å². The molecule has 9 heteroatoms. The van der Waals surface area contributed by atoms with Crippen molar-refractivity contribution in [3.8, 4) is 0 Å². The predicted molar refractivity (Wildman–Crippen MR) is 87.2 cm³/mol. The third-order valence-electron chi connectivity index (χ3n) is 3.64. The zero-order valence-corrected chi connectivity index (χ0v) is 15.6. The van der Waals surface area contributed by atoms with Gasteiger partial charge in [-0.15, -0.1) is 0 Å². The SMILES string of the molecule is CC[P@]1(=S)C[C@@H](OC(C)=O)[C@H](OC)[C@@H](OC(C)=O)[C@H]1OC(C)=O. The summed E-state index contributed by atoms with van der Waals surface area (Å²) in [5, 5.41) is 0. The Labute approximate surface area is 141 Å². The molecule has 7 nitrogen and oxygen atoms in total. The third-order valence-corrected chi connectivity index (χ3v) is 8.86. The molecule has 0 radical (unpaired) electrons. The lowest BCUT2D eigenvalue weighted by Crippen LogP contribution is -2.56. The van der Waals surface area contributed by atoms with Gasteiger partial charge in [0.15, 0.2) is 11.9 Å². The van der Waals surface area contributed by atoms with Crippen LogP contribution in [0.25, 0.3) is 0 Å². The topological polar surface area (TPSA) is 88.1 Å². The lowest BCUT2D eigenvalue weighted by Gasteiger charge is -2.45. The summed E-state index contributed by atoms with van der Waals surface area (Å²) in [6.07, 6.45) is -1.33. The molecule has 1 rings (SSSR count). The average molecular weight is 366 g/mol. The van der Waals surface area contributed by atoms with Crippen LogP contribution < -0.4 is 0 Å². The van der Waals surface area contributed by atoms with Crippen LogP contribution in [0.4, 0.5) is 0 Å². The normalized spacial score (nSPS) is 33.6. The predicted octanol–water partition coefficient (Wildman–Crippen LogP) is 1.27. The highest BCUT2D eigenvalue weighted by Gasteiger charge is 2.53. The first kappa shape index (κ1) is 20.1. The van der Waals surface area contributed by atoms with Gasteiger partial charge in [0.05, 0.1) is 0 Å². The Kier molecular flexibility index (Phi) is 7.17. The minimum absolute atomic E-state index is 0.368. The zero-order chi connectivity index (χ0) is 17.8. The van der Waals surface area contributed by atoms with Gasteiger partial charge in [0.25, 0.3) is 0 Å².